The second-order valence-electron chi connectivity index (χ2n) is 4.23. The quantitative estimate of drug-likeness (QED) is 0.646. The van der Waals surface area contributed by atoms with Crippen molar-refractivity contribution in [3.05, 3.63) is 12.3 Å². The molecule has 0 aliphatic carbocycles. The third kappa shape index (κ3) is 5.69. The highest BCUT2D eigenvalue weighted by molar-refractivity contribution is 4.85. The van der Waals surface area contributed by atoms with Gasteiger partial charge < -0.3 is 4.90 Å². The van der Waals surface area contributed by atoms with Gasteiger partial charge in [0.25, 0.3) is 0 Å². The van der Waals surface area contributed by atoms with Gasteiger partial charge in [0, 0.05) is 32.7 Å². The van der Waals surface area contributed by atoms with Crippen molar-refractivity contribution >= 4 is 0 Å². The zero-order valence-electron chi connectivity index (χ0n) is 9.91. The van der Waals surface area contributed by atoms with Gasteiger partial charge in [0.1, 0.15) is 0 Å². The van der Waals surface area contributed by atoms with Gasteiger partial charge in [-0.15, -0.1) is 0 Å². The van der Waals surface area contributed by atoms with E-state index in [-0.39, 0.29) is 0 Å². The molecule has 0 N–H and O–H groups in total. The largest absolute Gasteiger partial charge is 0.384 e. The Morgan fingerprint density at radius 1 is 1.00 bits per heavy atom. The number of rotatable bonds is 5. The first-order valence-corrected chi connectivity index (χ1v) is 5.04. The fraction of sp³-hybridized carbons (Fsp3) is 0.818. The van der Waals surface area contributed by atoms with Crippen molar-refractivity contribution in [1.29, 1.82) is 0 Å². The van der Waals surface area contributed by atoms with Gasteiger partial charge in [-0.3, -0.25) is 4.90 Å². The van der Waals surface area contributed by atoms with Crippen molar-refractivity contribution in [3.8, 4) is 0 Å². The SMILES string of the molecule is CC(C)N(C/C=C/N(C)C)C(C)C. The topological polar surface area (TPSA) is 6.48 Å². The first-order valence-electron chi connectivity index (χ1n) is 5.04. The van der Waals surface area contributed by atoms with Crippen LogP contribution >= 0.6 is 0 Å². The van der Waals surface area contributed by atoms with Crippen molar-refractivity contribution in [2.24, 2.45) is 0 Å². The number of hydrogen-bond acceptors (Lipinski definition) is 2. The molecule has 0 aliphatic rings. The maximum Gasteiger partial charge on any atom is 0.0185 e. The van der Waals surface area contributed by atoms with Crippen molar-refractivity contribution in [2.75, 3.05) is 20.6 Å². The zero-order valence-corrected chi connectivity index (χ0v) is 9.91. The third-order valence-corrected chi connectivity index (χ3v) is 2.05. The van der Waals surface area contributed by atoms with Crippen molar-refractivity contribution in [2.45, 2.75) is 39.8 Å². The molecule has 0 unspecified atom stereocenters. The summed E-state index contributed by atoms with van der Waals surface area (Å²) in [5.74, 6) is 0. The second-order valence-corrected chi connectivity index (χ2v) is 4.23. The van der Waals surface area contributed by atoms with Crippen LogP contribution in [0.25, 0.3) is 0 Å². The molecule has 0 heterocycles. The van der Waals surface area contributed by atoms with E-state index in [1.807, 2.05) is 14.1 Å². The molecular weight excluding hydrogens is 160 g/mol. The predicted molar refractivity (Wildman–Crippen MR) is 59.8 cm³/mol. The Morgan fingerprint density at radius 3 is 1.77 bits per heavy atom. The standard InChI is InChI=1S/C11H24N2/c1-10(2)13(11(3)4)9-7-8-12(5)6/h7-8,10-11H,9H2,1-6H3/b8-7+. The molecule has 0 atom stereocenters. The molecule has 0 amide bonds. The van der Waals surface area contributed by atoms with Gasteiger partial charge in [-0.25, -0.2) is 0 Å². The predicted octanol–water partition coefficient (Wildman–Crippen LogP) is 2.18. The molecule has 78 valence electrons. The molecule has 2 heteroatoms. The van der Waals surface area contributed by atoms with E-state index in [1.54, 1.807) is 0 Å². The summed E-state index contributed by atoms with van der Waals surface area (Å²) >= 11 is 0. The molecule has 0 aromatic heterocycles. The molecule has 0 aliphatic heterocycles. The van der Waals surface area contributed by atoms with Crippen LogP contribution in [-0.2, 0) is 0 Å². The maximum absolute atomic E-state index is 2.46. The molecule has 0 bridgehead atoms. The molecule has 0 saturated carbocycles. The van der Waals surface area contributed by atoms with E-state index in [0.29, 0.717) is 12.1 Å². The molecule has 13 heavy (non-hydrogen) atoms. The third-order valence-electron chi connectivity index (χ3n) is 2.05. The summed E-state index contributed by atoms with van der Waals surface area (Å²) in [6.07, 6.45) is 4.32. The molecule has 2 nitrogen and oxygen atoms in total. The lowest BCUT2D eigenvalue weighted by Crippen LogP contribution is -2.37. The van der Waals surface area contributed by atoms with E-state index in [1.165, 1.54) is 0 Å². The highest BCUT2D eigenvalue weighted by atomic mass is 15.2. The first kappa shape index (κ1) is 12.5. The van der Waals surface area contributed by atoms with Crippen molar-refractivity contribution < 1.29 is 0 Å². The van der Waals surface area contributed by atoms with E-state index in [0.717, 1.165) is 6.54 Å². The van der Waals surface area contributed by atoms with E-state index in [9.17, 15) is 0 Å². The number of hydrogen-bond donors (Lipinski definition) is 0. The van der Waals surface area contributed by atoms with Crippen LogP contribution in [0.3, 0.4) is 0 Å². The lowest BCUT2D eigenvalue weighted by Gasteiger charge is -2.29. The Bertz CT molecular complexity index is 140. The Balaban J connectivity index is 3.97. The summed E-state index contributed by atoms with van der Waals surface area (Å²) in [6, 6.07) is 1.23. The summed E-state index contributed by atoms with van der Waals surface area (Å²) in [4.78, 5) is 4.53. The van der Waals surface area contributed by atoms with E-state index < -0.39 is 0 Å². The Labute approximate surface area is 83.2 Å². The molecule has 0 radical (unpaired) electrons. The van der Waals surface area contributed by atoms with E-state index >= 15 is 0 Å². The summed E-state index contributed by atoms with van der Waals surface area (Å²) in [7, 11) is 4.09. The van der Waals surface area contributed by atoms with E-state index in [4.69, 9.17) is 0 Å². The highest BCUT2D eigenvalue weighted by Crippen LogP contribution is 2.04. The van der Waals surface area contributed by atoms with Crippen LogP contribution in [0.4, 0.5) is 0 Å². The Morgan fingerprint density at radius 2 is 1.46 bits per heavy atom. The molecule has 0 aromatic rings. The maximum atomic E-state index is 2.46. The van der Waals surface area contributed by atoms with Crippen molar-refractivity contribution in [3.63, 3.8) is 0 Å². The molecule has 0 fully saturated rings. The van der Waals surface area contributed by atoms with Gasteiger partial charge in [0.15, 0.2) is 0 Å². The fourth-order valence-corrected chi connectivity index (χ4v) is 1.40. The lowest BCUT2D eigenvalue weighted by atomic mass is 10.2. The highest BCUT2D eigenvalue weighted by Gasteiger charge is 2.10. The van der Waals surface area contributed by atoms with Crippen LogP contribution in [-0.4, -0.2) is 42.5 Å². The normalized spacial score (nSPS) is 12.4. The van der Waals surface area contributed by atoms with Crippen LogP contribution in [0.15, 0.2) is 12.3 Å². The van der Waals surface area contributed by atoms with Gasteiger partial charge in [-0.2, -0.15) is 0 Å². The smallest absolute Gasteiger partial charge is 0.0185 e. The van der Waals surface area contributed by atoms with Crippen LogP contribution < -0.4 is 0 Å². The van der Waals surface area contributed by atoms with E-state index in [2.05, 4.69) is 49.8 Å². The van der Waals surface area contributed by atoms with Crippen molar-refractivity contribution in [1.82, 2.24) is 9.80 Å². The van der Waals surface area contributed by atoms with Crippen LogP contribution in [0, 0.1) is 0 Å². The molecule has 0 aromatic carbocycles. The number of nitrogens with zero attached hydrogens (tertiary/aromatic N) is 2. The lowest BCUT2D eigenvalue weighted by molar-refractivity contribution is 0.195. The van der Waals surface area contributed by atoms with Gasteiger partial charge >= 0.3 is 0 Å². The average Bonchev–Trinajstić information content (AvgIpc) is 1.95. The zero-order chi connectivity index (χ0) is 10.4. The molecular formula is C11H24N2. The summed E-state index contributed by atoms with van der Waals surface area (Å²) in [6.45, 7) is 9.99. The average molecular weight is 184 g/mol. The van der Waals surface area contributed by atoms with Crippen LogP contribution in [0.5, 0.6) is 0 Å². The summed E-state index contributed by atoms with van der Waals surface area (Å²) < 4.78 is 0. The van der Waals surface area contributed by atoms with Gasteiger partial charge in [0.05, 0.1) is 0 Å². The minimum atomic E-state index is 0.617. The molecule has 0 rings (SSSR count). The van der Waals surface area contributed by atoms with Gasteiger partial charge in [0.2, 0.25) is 0 Å². The van der Waals surface area contributed by atoms with Crippen LogP contribution in [0.2, 0.25) is 0 Å². The summed E-state index contributed by atoms with van der Waals surface area (Å²) in [5.41, 5.74) is 0. The minimum Gasteiger partial charge on any atom is -0.384 e. The fourth-order valence-electron chi connectivity index (χ4n) is 1.40. The van der Waals surface area contributed by atoms with Crippen LogP contribution in [0.1, 0.15) is 27.7 Å². The first-order chi connectivity index (χ1) is 5.95. The minimum absolute atomic E-state index is 0.617. The molecule has 0 saturated heterocycles. The molecule has 0 spiro atoms. The van der Waals surface area contributed by atoms with Gasteiger partial charge in [-0.05, 0) is 33.9 Å². The Kier molecular flexibility index (Phi) is 5.80. The summed E-state index contributed by atoms with van der Waals surface area (Å²) in [5, 5.41) is 0. The Hall–Kier alpha value is -0.500. The van der Waals surface area contributed by atoms with Gasteiger partial charge in [-0.1, -0.05) is 6.08 Å². The second kappa shape index (κ2) is 6.03. The monoisotopic (exact) mass is 184 g/mol.